The van der Waals surface area contributed by atoms with Gasteiger partial charge in [-0.1, -0.05) is 41.9 Å². The summed E-state index contributed by atoms with van der Waals surface area (Å²) in [6.07, 6.45) is 3.91. The lowest BCUT2D eigenvalue weighted by atomic mass is 10.2. The van der Waals surface area contributed by atoms with Crippen LogP contribution in [0.2, 0.25) is 5.02 Å². The monoisotopic (exact) mass is 496 g/mol. The topological polar surface area (TPSA) is 105 Å². The van der Waals surface area contributed by atoms with Crippen molar-refractivity contribution in [1.82, 2.24) is 9.97 Å². The van der Waals surface area contributed by atoms with Crippen LogP contribution in [0.4, 0.5) is 11.4 Å². The Balaban J connectivity index is 1.77. The van der Waals surface area contributed by atoms with Crippen LogP contribution in [0.25, 0.3) is 0 Å². The maximum Gasteiger partial charge on any atom is 0.276 e. The third-order valence-electron chi connectivity index (χ3n) is 4.88. The second-order valence-corrected chi connectivity index (χ2v) is 9.89. The van der Waals surface area contributed by atoms with Gasteiger partial charge in [-0.15, -0.1) is 0 Å². The molecule has 0 saturated carbocycles. The van der Waals surface area contributed by atoms with Crippen molar-refractivity contribution in [3.63, 3.8) is 0 Å². The smallest absolute Gasteiger partial charge is 0.276 e. The van der Waals surface area contributed by atoms with Gasteiger partial charge in [0.1, 0.15) is 5.76 Å². The molecule has 0 aliphatic carbocycles. The van der Waals surface area contributed by atoms with E-state index >= 15 is 0 Å². The van der Waals surface area contributed by atoms with Crippen molar-refractivity contribution < 1.29 is 17.6 Å². The first kappa shape index (κ1) is 23.5. The normalized spacial score (nSPS) is 11.2. The minimum absolute atomic E-state index is 0.0761. The lowest BCUT2D eigenvalue weighted by Gasteiger charge is -2.25. The maximum atomic E-state index is 13.3. The molecule has 0 aliphatic rings. The molecule has 34 heavy (non-hydrogen) atoms. The minimum atomic E-state index is -3.75. The zero-order valence-corrected chi connectivity index (χ0v) is 19.8. The predicted molar refractivity (Wildman–Crippen MR) is 130 cm³/mol. The molecule has 0 spiro atoms. The summed E-state index contributed by atoms with van der Waals surface area (Å²) < 4.78 is 29.8. The quantitative estimate of drug-likeness (QED) is 0.356. The number of rotatable bonds is 8. The second-order valence-electron chi connectivity index (χ2n) is 7.54. The molecular weight excluding hydrogens is 476 g/mol. The highest BCUT2D eigenvalue weighted by molar-refractivity contribution is 7.90. The molecule has 174 valence electrons. The number of hydrogen-bond donors (Lipinski definition) is 1. The van der Waals surface area contributed by atoms with Gasteiger partial charge < -0.3 is 14.6 Å². The molecule has 0 saturated heterocycles. The molecule has 10 heteroatoms. The second kappa shape index (κ2) is 10.1. The average molecular weight is 497 g/mol. The van der Waals surface area contributed by atoms with Crippen LogP contribution in [-0.2, 0) is 22.9 Å². The van der Waals surface area contributed by atoms with Gasteiger partial charge >= 0.3 is 0 Å². The lowest BCUT2D eigenvalue weighted by Crippen LogP contribution is -2.27. The standard InChI is InChI=1S/C24H21ClN4O4S/c1-34(31,32)24-26-14-21(22(28-24)23(30)27-19-11-9-18(25)10-12-19)29(16-20-8-5-13-33-20)15-17-6-3-2-4-7-17/h2-14H,15-16H2,1H3,(H,27,30). The summed E-state index contributed by atoms with van der Waals surface area (Å²) in [5, 5.41) is 2.84. The van der Waals surface area contributed by atoms with E-state index in [2.05, 4.69) is 15.3 Å². The van der Waals surface area contributed by atoms with E-state index in [1.54, 1.807) is 36.6 Å². The van der Waals surface area contributed by atoms with Gasteiger partial charge in [-0.2, -0.15) is 0 Å². The third-order valence-corrected chi connectivity index (χ3v) is 5.99. The number of amides is 1. The van der Waals surface area contributed by atoms with Crippen LogP contribution in [-0.4, -0.2) is 30.5 Å². The highest BCUT2D eigenvalue weighted by Gasteiger charge is 2.24. The largest absolute Gasteiger partial charge is 0.467 e. The number of nitrogens with one attached hydrogen (secondary N) is 1. The minimum Gasteiger partial charge on any atom is -0.467 e. The van der Waals surface area contributed by atoms with E-state index in [-0.39, 0.29) is 5.69 Å². The number of carbonyl (C=O) groups is 1. The van der Waals surface area contributed by atoms with Crippen molar-refractivity contribution in [2.45, 2.75) is 18.2 Å². The molecule has 4 aromatic rings. The molecule has 0 aliphatic heterocycles. The number of hydrogen-bond acceptors (Lipinski definition) is 7. The lowest BCUT2D eigenvalue weighted by molar-refractivity contribution is 0.102. The Hall–Kier alpha value is -3.69. The summed E-state index contributed by atoms with van der Waals surface area (Å²) in [6, 6.07) is 19.8. The first-order chi connectivity index (χ1) is 16.3. The van der Waals surface area contributed by atoms with E-state index in [0.29, 0.717) is 35.2 Å². The van der Waals surface area contributed by atoms with Gasteiger partial charge in [0.2, 0.25) is 15.0 Å². The number of nitrogens with zero attached hydrogens (tertiary/aromatic N) is 3. The van der Waals surface area contributed by atoms with E-state index < -0.39 is 20.9 Å². The van der Waals surface area contributed by atoms with Crippen LogP contribution in [0.15, 0.2) is 88.8 Å². The molecule has 2 aromatic heterocycles. The highest BCUT2D eigenvalue weighted by atomic mass is 35.5. The molecule has 0 unspecified atom stereocenters. The Labute approximate surface area is 202 Å². The molecule has 8 nitrogen and oxygen atoms in total. The van der Waals surface area contributed by atoms with Crippen LogP contribution in [0.3, 0.4) is 0 Å². The van der Waals surface area contributed by atoms with Crippen molar-refractivity contribution >= 4 is 38.7 Å². The van der Waals surface area contributed by atoms with Crippen molar-refractivity contribution in [2.24, 2.45) is 0 Å². The Bertz CT molecular complexity index is 1380. The van der Waals surface area contributed by atoms with E-state index in [9.17, 15) is 13.2 Å². The van der Waals surface area contributed by atoms with Crippen molar-refractivity contribution in [1.29, 1.82) is 0 Å². The van der Waals surface area contributed by atoms with Gasteiger partial charge in [-0.3, -0.25) is 4.79 Å². The number of halogens is 1. The van der Waals surface area contributed by atoms with Crippen LogP contribution >= 0.6 is 11.6 Å². The summed E-state index contributed by atoms with van der Waals surface area (Å²) >= 11 is 5.93. The van der Waals surface area contributed by atoms with Gasteiger partial charge in [0.25, 0.3) is 5.91 Å². The van der Waals surface area contributed by atoms with Gasteiger partial charge in [0.15, 0.2) is 5.69 Å². The fourth-order valence-corrected chi connectivity index (χ4v) is 3.91. The van der Waals surface area contributed by atoms with Crippen molar-refractivity contribution in [3.05, 3.63) is 101 Å². The zero-order chi connectivity index (χ0) is 24.1. The highest BCUT2D eigenvalue weighted by Crippen LogP contribution is 2.25. The Morgan fingerprint density at radius 1 is 1.03 bits per heavy atom. The van der Waals surface area contributed by atoms with E-state index in [0.717, 1.165) is 11.8 Å². The average Bonchev–Trinajstić information content (AvgIpc) is 3.33. The van der Waals surface area contributed by atoms with Crippen molar-refractivity contribution in [2.75, 3.05) is 16.5 Å². The summed E-state index contributed by atoms with van der Waals surface area (Å²) in [7, 11) is -3.75. The molecule has 2 heterocycles. The molecule has 1 N–H and O–H groups in total. The van der Waals surface area contributed by atoms with Crippen LogP contribution in [0, 0.1) is 0 Å². The van der Waals surface area contributed by atoms with Crippen LogP contribution in [0.1, 0.15) is 21.8 Å². The predicted octanol–water partition coefficient (Wildman–Crippen LogP) is 4.59. The summed E-state index contributed by atoms with van der Waals surface area (Å²) in [5.74, 6) is 0.0781. The molecule has 0 radical (unpaired) electrons. The first-order valence-electron chi connectivity index (χ1n) is 10.2. The Kier molecular flexibility index (Phi) is 6.95. The third kappa shape index (κ3) is 5.81. The van der Waals surface area contributed by atoms with Gasteiger partial charge in [-0.05, 0) is 42.0 Å². The number of aromatic nitrogens is 2. The molecule has 1 amide bonds. The number of furan rings is 1. The number of sulfone groups is 1. The van der Waals surface area contributed by atoms with Gasteiger partial charge in [-0.25, -0.2) is 18.4 Å². The molecule has 4 rings (SSSR count). The molecule has 0 fully saturated rings. The van der Waals surface area contributed by atoms with Crippen LogP contribution < -0.4 is 10.2 Å². The Morgan fingerprint density at radius 3 is 2.41 bits per heavy atom. The number of anilines is 2. The maximum absolute atomic E-state index is 13.3. The summed E-state index contributed by atoms with van der Waals surface area (Å²) in [6.45, 7) is 0.717. The number of carbonyl (C=O) groups excluding carboxylic acids is 1. The zero-order valence-electron chi connectivity index (χ0n) is 18.2. The van der Waals surface area contributed by atoms with Gasteiger partial charge in [0, 0.05) is 23.5 Å². The van der Waals surface area contributed by atoms with E-state index in [4.69, 9.17) is 16.0 Å². The van der Waals surface area contributed by atoms with E-state index in [1.165, 1.54) is 6.20 Å². The first-order valence-corrected chi connectivity index (χ1v) is 12.5. The summed E-state index contributed by atoms with van der Waals surface area (Å²) in [5.41, 5.74) is 1.75. The molecule has 0 atom stereocenters. The Morgan fingerprint density at radius 2 is 1.76 bits per heavy atom. The molecule has 2 aromatic carbocycles. The SMILES string of the molecule is CS(=O)(=O)c1ncc(N(Cc2ccccc2)Cc2ccco2)c(C(=O)Nc2ccc(Cl)cc2)n1. The molecular formula is C24H21ClN4O4S. The van der Waals surface area contributed by atoms with Gasteiger partial charge in [0.05, 0.1) is 24.7 Å². The summed E-state index contributed by atoms with van der Waals surface area (Å²) in [4.78, 5) is 23.3. The fraction of sp³-hybridized carbons (Fsp3) is 0.125. The fourth-order valence-electron chi connectivity index (χ4n) is 3.28. The van der Waals surface area contributed by atoms with Crippen LogP contribution in [0.5, 0.6) is 0 Å². The van der Waals surface area contributed by atoms with E-state index in [1.807, 2.05) is 41.3 Å². The van der Waals surface area contributed by atoms with Crippen molar-refractivity contribution in [3.8, 4) is 0 Å². The molecule has 0 bridgehead atoms. The number of benzene rings is 2.